The molecule has 1 aliphatic heterocycles. The number of carboxylic acids is 3. The van der Waals surface area contributed by atoms with E-state index in [0.29, 0.717) is 0 Å². The van der Waals surface area contributed by atoms with Crippen molar-refractivity contribution in [2.45, 2.75) is 11.9 Å². The predicted molar refractivity (Wildman–Crippen MR) is 36.5 cm³/mol. The summed E-state index contributed by atoms with van der Waals surface area (Å²) in [7, 11) is 0. The lowest BCUT2D eigenvalue weighted by Gasteiger charge is -2.16. The van der Waals surface area contributed by atoms with Gasteiger partial charge in [-0.15, -0.1) is 0 Å². The Hall–Kier alpha value is -1.67. The van der Waals surface area contributed by atoms with Gasteiger partial charge in [0.1, 0.15) is 0 Å². The summed E-state index contributed by atoms with van der Waals surface area (Å²) in [6, 6.07) is 0. The van der Waals surface area contributed by atoms with E-state index >= 15 is 0 Å². The minimum Gasteiger partial charge on any atom is -0.479 e. The van der Waals surface area contributed by atoms with Gasteiger partial charge in [-0.2, -0.15) is 0 Å². The molecule has 1 heterocycles. The van der Waals surface area contributed by atoms with Crippen LogP contribution in [0.2, 0.25) is 0 Å². The van der Waals surface area contributed by atoms with Crippen molar-refractivity contribution in [2.24, 2.45) is 0 Å². The van der Waals surface area contributed by atoms with Crippen LogP contribution >= 0.6 is 0 Å². The van der Waals surface area contributed by atoms with Crippen LogP contribution in [-0.2, 0) is 23.9 Å². The van der Waals surface area contributed by atoms with Crippen molar-refractivity contribution in [1.29, 1.82) is 0 Å². The molecule has 1 aliphatic rings. The van der Waals surface area contributed by atoms with Crippen molar-refractivity contribution < 1.29 is 39.2 Å². The smallest absolute Gasteiger partial charge is 0.377 e. The molecule has 8 heteroatoms. The first-order valence-electron chi connectivity index (χ1n) is 3.41. The minimum absolute atomic E-state index is 0.617. The van der Waals surface area contributed by atoms with E-state index in [4.69, 9.17) is 15.3 Å². The van der Waals surface area contributed by atoms with Gasteiger partial charge in [-0.05, 0) is 0 Å². The van der Waals surface area contributed by atoms with Crippen molar-refractivity contribution >= 4 is 17.9 Å². The van der Waals surface area contributed by atoms with Gasteiger partial charge < -0.3 is 24.8 Å². The molecule has 0 amide bonds. The summed E-state index contributed by atoms with van der Waals surface area (Å²) in [5.41, 5.74) is 0. The van der Waals surface area contributed by atoms with Crippen LogP contribution in [0.4, 0.5) is 0 Å². The summed E-state index contributed by atoms with van der Waals surface area (Å²) in [5.74, 6) is -8.17. The first-order chi connectivity index (χ1) is 6.40. The average molecular weight is 206 g/mol. The molecule has 1 atom stereocenters. The van der Waals surface area contributed by atoms with E-state index in [9.17, 15) is 14.4 Å². The summed E-state index contributed by atoms with van der Waals surface area (Å²) in [4.78, 5) is 31.4. The molecule has 0 aromatic rings. The van der Waals surface area contributed by atoms with E-state index in [0.717, 1.165) is 0 Å². The zero-order valence-corrected chi connectivity index (χ0v) is 6.67. The number of rotatable bonds is 3. The number of hydrogen-bond acceptors (Lipinski definition) is 5. The Morgan fingerprint density at radius 3 is 1.86 bits per heavy atom. The molecule has 3 N–H and O–H groups in total. The van der Waals surface area contributed by atoms with Crippen LogP contribution in [-0.4, -0.2) is 51.7 Å². The van der Waals surface area contributed by atoms with E-state index in [1.165, 1.54) is 0 Å². The molecular weight excluding hydrogens is 200 g/mol. The Kier molecular flexibility index (Phi) is 2.41. The fraction of sp³-hybridized carbons (Fsp3) is 0.500. The highest BCUT2D eigenvalue weighted by atomic mass is 16.8. The Morgan fingerprint density at radius 1 is 1.14 bits per heavy atom. The van der Waals surface area contributed by atoms with Crippen molar-refractivity contribution in [1.82, 2.24) is 0 Å². The molecule has 0 spiro atoms. The van der Waals surface area contributed by atoms with Crippen LogP contribution in [0.5, 0.6) is 0 Å². The Morgan fingerprint density at radius 2 is 1.64 bits per heavy atom. The molecule has 1 rings (SSSR count). The summed E-state index contributed by atoms with van der Waals surface area (Å²) in [6.45, 7) is -0.617. The highest BCUT2D eigenvalue weighted by molar-refractivity contribution is 6.00. The van der Waals surface area contributed by atoms with Gasteiger partial charge in [-0.3, -0.25) is 0 Å². The molecule has 1 fully saturated rings. The molecule has 78 valence electrons. The van der Waals surface area contributed by atoms with Crippen LogP contribution in [0.1, 0.15) is 0 Å². The number of aliphatic carboxylic acids is 3. The third-order valence-corrected chi connectivity index (χ3v) is 1.58. The standard InChI is InChI=1S/C6H6O8/c7-3(8)2-1-13-6(14-2,4(9)10)5(11)12/h2H,1H2,(H,7,8)(H,9,10)(H,11,12)/t2-/m0/s1. The van der Waals surface area contributed by atoms with Crippen molar-refractivity contribution in [3.63, 3.8) is 0 Å². The number of hydrogen-bond donors (Lipinski definition) is 3. The quantitative estimate of drug-likeness (QED) is 0.468. The van der Waals surface area contributed by atoms with E-state index in [-0.39, 0.29) is 0 Å². The highest BCUT2D eigenvalue weighted by Gasteiger charge is 2.57. The van der Waals surface area contributed by atoms with Crippen LogP contribution in [0.3, 0.4) is 0 Å². The number of carbonyl (C=O) groups is 3. The SMILES string of the molecule is O=C(O)[C@@H]1COC(C(=O)O)(C(=O)O)O1. The Labute approximate surface area is 76.7 Å². The van der Waals surface area contributed by atoms with Gasteiger partial charge in [0.25, 0.3) is 0 Å². The Balaban J connectivity index is 2.91. The van der Waals surface area contributed by atoms with Crippen molar-refractivity contribution in [3.05, 3.63) is 0 Å². The summed E-state index contributed by atoms with van der Waals surface area (Å²) in [6.07, 6.45) is -1.58. The average Bonchev–Trinajstić information content (AvgIpc) is 2.48. The van der Waals surface area contributed by atoms with Crippen LogP contribution < -0.4 is 0 Å². The lowest BCUT2D eigenvalue weighted by atomic mass is 10.3. The third-order valence-electron chi connectivity index (χ3n) is 1.58. The summed E-state index contributed by atoms with van der Waals surface area (Å²) in [5, 5.41) is 25.4. The fourth-order valence-electron chi connectivity index (χ4n) is 0.899. The minimum atomic E-state index is -2.90. The van der Waals surface area contributed by atoms with Gasteiger partial charge in [-0.1, -0.05) is 0 Å². The van der Waals surface area contributed by atoms with Gasteiger partial charge in [-0.25, -0.2) is 14.4 Å². The predicted octanol–water partition coefficient (Wildman–Crippen LogP) is -1.65. The second kappa shape index (κ2) is 3.24. The van der Waals surface area contributed by atoms with Crippen LogP contribution in [0, 0.1) is 0 Å². The monoisotopic (exact) mass is 206 g/mol. The van der Waals surface area contributed by atoms with Crippen LogP contribution in [0.25, 0.3) is 0 Å². The second-order valence-corrected chi connectivity index (χ2v) is 2.48. The van der Waals surface area contributed by atoms with E-state index in [1.54, 1.807) is 0 Å². The first-order valence-corrected chi connectivity index (χ1v) is 3.41. The molecule has 1 saturated heterocycles. The van der Waals surface area contributed by atoms with Crippen molar-refractivity contribution in [2.75, 3.05) is 6.61 Å². The third kappa shape index (κ3) is 1.40. The lowest BCUT2D eigenvalue weighted by molar-refractivity contribution is -0.218. The largest absolute Gasteiger partial charge is 0.479 e. The first kappa shape index (κ1) is 10.4. The second-order valence-electron chi connectivity index (χ2n) is 2.48. The van der Waals surface area contributed by atoms with Crippen molar-refractivity contribution in [3.8, 4) is 0 Å². The molecule has 0 bridgehead atoms. The molecule has 0 aromatic heterocycles. The topological polar surface area (TPSA) is 130 Å². The normalized spacial score (nSPS) is 24.4. The molecule has 0 radical (unpaired) electrons. The van der Waals surface area contributed by atoms with E-state index < -0.39 is 36.4 Å². The maximum absolute atomic E-state index is 10.5. The fourth-order valence-corrected chi connectivity index (χ4v) is 0.899. The Bertz CT molecular complexity index is 280. The maximum Gasteiger partial charge on any atom is 0.377 e. The van der Waals surface area contributed by atoms with Gasteiger partial charge in [0, 0.05) is 0 Å². The molecule has 0 saturated carbocycles. The highest BCUT2D eigenvalue weighted by Crippen LogP contribution is 2.24. The van der Waals surface area contributed by atoms with E-state index in [1.807, 2.05) is 0 Å². The van der Waals surface area contributed by atoms with Crippen LogP contribution in [0.15, 0.2) is 0 Å². The van der Waals surface area contributed by atoms with E-state index in [2.05, 4.69) is 9.47 Å². The molecule has 0 aliphatic carbocycles. The zero-order chi connectivity index (χ0) is 10.9. The van der Waals surface area contributed by atoms with Gasteiger partial charge in [0.05, 0.1) is 6.61 Å². The zero-order valence-electron chi connectivity index (χ0n) is 6.67. The number of ether oxygens (including phenoxy) is 2. The summed E-state index contributed by atoms with van der Waals surface area (Å²) >= 11 is 0. The molecule has 8 nitrogen and oxygen atoms in total. The molecular formula is C6H6O8. The maximum atomic E-state index is 10.5. The number of carboxylic acid groups (broad SMARTS) is 3. The summed E-state index contributed by atoms with van der Waals surface area (Å²) < 4.78 is 8.65. The molecule has 0 aromatic carbocycles. The molecule has 14 heavy (non-hydrogen) atoms. The molecule has 0 unspecified atom stereocenters. The van der Waals surface area contributed by atoms with Gasteiger partial charge in [0.2, 0.25) is 0 Å². The van der Waals surface area contributed by atoms with Gasteiger partial charge >= 0.3 is 23.7 Å². The van der Waals surface area contributed by atoms with Gasteiger partial charge in [0.15, 0.2) is 6.10 Å². The lowest BCUT2D eigenvalue weighted by Crippen LogP contribution is -2.48.